The second-order valence-corrected chi connectivity index (χ2v) is 21.0. The number of amides is 2. The van der Waals surface area contributed by atoms with Crippen LogP contribution in [-0.2, 0) is 42.7 Å². The molecule has 26 heteroatoms. The molecule has 0 aliphatic carbocycles. The first-order valence-corrected chi connectivity index (χ1v) is 25.6. The molecule has 8 rings (SSSR count). The van der Waals surface area contributed by atoms with Crippen molar-refractivity contribution in [2.75, 3.05) is 51.1 Å². The highest BCUT2D eigenvalue weighted by Gasteiger charge is 2.46. The van der Waals surface area contributed by atoms with Crippen molar-refractivity contribution in [2.45, 2.75) is 89.6 Å². The van der Waals surface area contributed by atoms with Gasteiger partial charge in [0.1, 0.15) is 50.0 Å². The fraction of sp³-hybridized carbons (Fsp3) is 0.444. The fourth-order valence-corrected chi connectivity index (χ4v) is 11.2. The lowest BCUT2D eigenvalue weighted by Crippen LogP contribution is -2.33. The maximum absolute atomic E-state index is 13.8. The van der Waals surface area contributed by atoms with Gasteiger partial charge in [0.2, 0.25) is 6.54 Å². The minimum absolute atomic E-state index is 0.000893. The van der Waals surface area contributed by atoms with E-state index in [0.717, 1.165) is 4.31 Å². The first kappa shape index (κ1) is 51.2. The number of hydrogen-bond donors (Lipinski definition) is 2. The number of carbonyl (C=O) groups excluding carboxylic acids is 2. The molecule has 2 fully saturated rings. The highest BCUT2D eigenvalue weighted by Crippen LogP contribution is 2.58. The average Bonchev–Trinajstić information content (AvgIpc) is 4.16. The van der Waals surface area contributed by atoms with Gasteiger partial charge < -0.3 is 34.4 Å². The molecule has 2 N–H and O–H groups in total. The highest BCUT2D eigenvalue weighted by atomic mass is 32.2. The molecule has 7 atom stereocenters. The molecule has 2 amide bonds. The molecule has 0 bridgehead atoms. The maximum Gasteiger partial charge on any atom is 0.372 e. The van der Waals surface area contributed by atoms with Gasteiger partial charge in [0, 0.05) is 38.1 Å². The summed E-state index contributed by atoms with van der Waals surface area (Å²) in [6.07, 6.45) is 0.563. The number of nitrogens with zero attached hydrogens (tertiary/aromatic N) is 11. The third-order valence-corrected chi connectivity index (χ3v) is 15.1. The number of anilines is 2. The molecule has 71 heavy (non-hydrogen) atoms. The topological polar surface area (TPSA) is 264 Å². The van der Waals surface area contributed by atoms with Gasteiger partial charge in [-0.1, -0.05) is 40.5 Å². The second kappa shape index (κ2) is 22.5. The Kier molecular flexibility index (Phi) is 16.2. The monoisotopic (exact) mass is 1020 g/mol. The number of fused-ring (bicyclic) bond motifs is 2. The Morgan fingerprint density at radius 1 is 0.775 bits per heavy atom. The lowest BCUT2D eigenvalue weighted by molar-refractivity contribution is -0.0807. The summed E-state index contributed by atoms with van der Waals surface area (Å²) >= 11 is 0. The SMILES string of the molecule is [C-]#[N+]CCOP(=NS(=O)(=O)N(C)C)(OC[C@H]1O[C@@H](n2cnc3c(NC(=O)c4ccccc4)ncnc32)C[C@H]1OC(C)C)O[C@@H]1C[C@H](n2cnc3c(NC(=O)c4ccccc4)ncnc32)O[C@@H]1COC(C)C. The van der Waals surface area contributed by atoms with Gasteiger partial charge in [-0.3, -0.25) is 32.3 Å². The number of imidazole rings is 2. The Bertz CT molecular complexity index is 3030. The molecule has 1 unspecified atom stereocenters. The zero-order valence-corrected chi connectivity index (χ0v) is 41.4. The summed E-state index contributed by atoms with van der Waals surface area (Å²) in [4.78, 5) is 56.2. The van der Waals surface area contributed by atoms with Gasteiger partial charge >= 0.3 is 17.9 Å². The average molecular weight is 1020 g/mol. The van der Waals surface area contributed by atoms with Crippen LogP contribution in [0.1, 0.15) is 73.7 Å². The van der Waals surface area contributed by atoms with Crippen LogP contribution in [0.25, 0.3) is 27.2 Å². The summed E-state index contributed by atoms with van der Waals surface area (Å²) in [6.45, 7) is 14.1. The predicted molar refractivity (Wildman–Crippen MR) is 258 cm³/mol. The van der Waals surface area contributed by atoms with Crippen molar-refractivity contribution < 1.29 is 50.5 Å². The van der Waals surface area contributed by atoms with Crippen LogP contribution in [0.3, 0.4) is 0 Å². The molecule has 2 saturated heterocycles. The van der Waals surface area contributed by atoms with Crippen molar-refractivity contribution in [3.05, 3.63) is 109 Å². The van der Waals surface area contributed by atoms with Crippen LogP contribution >= 0.6 is 7.74 Å². The largest absolute Gasteiger partial charge is 0.376 e. The molecule has 2 aliphatic rings. The van der Waals surface area contributed by atoms with Gasteiger partial charge in [-0.15, -0.1) is 0 Å². The lowest BCUT2D eigenvalue weighted by atomic mass is 10.2. The molecule has 0 radical (unpaired) electrons. The first-order valence-electron chi connectivity index (χ1n) is 22.7. The van der Waals surface area contributed by atoms with Gasteiger partial charge in [-0.2, -0.15) is 12.7 Å². The summed E-state index contributed by atoms with van der Waals surface area (Å²) < 4.78 is 81.3. The molecule has 0 saturated carbocycles. The van der Waals surface area contributed by atoms with E-state index in [-0.39, 0.29) is 69.0 Å². The van der Waals surface area contributed by atoms with Gasteiger partial charge in [0.25, 0.3) is 11.8 Å². The van der Waals surface area contributed by atoms with E-state index in [9.17, 15) is 18.0 Å². The minimum Gasteiger partial charge on any atom is -0.376 e. The molecule has 4 aromatic heterocycles. The Morgan fingerprint density at radius 2 is 1.30 bits per heavy atom. The molecule has 2 aromatic carbocycles. The van der Waals surface area contributed by atoms with Crippen molar-refractivity contribution in [1.29, 1.82) is 0 Å². The molecule has 376 valence electrons. The maximum atomic E-state index is 13.8. The zero-order chi connectivity index (χ0) is 50.3. The number of nitrogens with one attached hydrogen (secondary N) is 2. The van der Waals surface area contributed by atoms with E-state index in [1.54, 1.807) is 63.7 Å². The second-order valence-electron chi connectivity index (χ2n) is 17.0. The molecular formula is C45H54N13O11PS. The van der Waals surface area contributed by atoms with E-state index in [2.05, 4.69) is 49.5 Å². The normalized spacial score (nSPS) is 21.2. The van der Waals surface area contributed by atoms with Gasteiger partial charge in [-0.25, -0.2) is 36.5 Å². The first-order chi connectivity index (χ1) is 34.1. The molecule has 24 nitrogen and oxygen atoms in total. The van der Waals surface area contributed by atoms with Crippen LogP contribution < -0.4 is 10.6 Å². The number of carbonyl (C=O) groups is 2. The van der Waals surface area contributed by atoms with E-state index in [0.29, 0.717) is 33.5 Å². The van der Waals surface area contributed by atoms with E-state index >= 15 is 0 Å². The van der Waals surface area contributed by atoms with Gasteiger partial charge in [0.15, 0.2) is 34.0 Å². The third kappa shape index (κ3) is 12.1. The van der Waals surface area contributed by atoms with Crippen LogP contribution in [0, 0.1) is 6.57 Å². The van der Waals surface area contributed by atoms with Crippen LogP contribution in [0.5, 0.6) is 0 Å². The van der Waals surface area contributed by atoms with Crippen molar-refractivity contribution >= 4 is 63.7 Å². The Hall–Kier alpha value is -6.17. The smallest absolute Gasteiger partial charge is 0.372 e. The highest BCUT2D eigenvalue weighted by molar-refractivity contribution is 7.90. The third-order valence-electron chi connectivity index (χ3n) is 11.1. The quantitative estimate of drug-likeness (QED) is 0.0472. The predicted octanol–water partition coefficient (Wildman–Crippen LogP) is 6.05. The summed E-state index contributed by atoms with van der Waals surface area (Å²) in [5.41, 5.74) is 2.17. The fourth-order valence-electron chi connectivity index (χ4n) is 7.68. The summed E-state index contributed by atoms with van der Waals surface area (Å²) in [5.74, 6) is -0.395. The summed E-state index contributed by atoms with van der Waals surface area (Å²) in [6, 6.07) is 17.3. The number of ether oxygens (including phenoxy) is 4. The standard InChI is InChI=1S/C45H54N13O11PS/c1-28(2)63-22-34-33(21-37(67-34)58-27-52-39-41(48-25-50-43(39)58)54-45(60)31-16-12-9-13-17-31)69-70(64-19-18-46-5,55-71(61,62)56(6)7)65-23-35-32(66-29(3)4)20-36(68-35)57-26-51-38-40(47-24-49-42(38)57)53-44(59)30-14-10-8-11-15-30/h8-17,24-29,32-37H,18-23H2,1-4,6-7H3,(H,47,49,53,59)(H,48,50,54,60)/t32-,33-,34-,35-,36-,37-,70?/m1/s1. The van der Waals surface area contributed by atoms with E-state index in [1.165, 1.54) is 39.4 Å². The molecular weight excluding hydrogens is 962 g/mol. The number of rotatable bonds is 21. The molecule has 6 aromatic rings. The number of aromatic nitrogens is 8. The van der Waals surface area contributed by atoms with Crippen molar-refractivity contribution in [3.8, 4) is 0 Å². The molecule has 0 spiro atoms. The van der Waals surface area contributed by atoms with Crippen LogP contribution in [0.4, 0.5) is 11.6 Å². The van der Waals surface area contributed by atoms with E-state index in [4.69, 9.17) is 39.1 Å². The number of hydrogen-bond acceptors (Lipinski definition) is 17. The van der Waals surface area contributed by atoms with E-state index < -0.39 is 60.7 Å². The van der Waals surface area contributed by atoms with Crippen molar-refractivity contribution in [3.63, 3.8) is 0 Å². The molecule has 2 aliphatic heterocycles. The molecule has 6 heterocycles. The van der Waals surface area contributed by atoms with Gasteiger partial charge in [-0.05, 0) is 52.0 Å². The van der Waals surface area contributed by atoms with Gasteiger partial charge in [0.05, 0.1) is 44.2 Å². The van der Waals surface area contributed by atoms with Crippen LogP contribution in [0.2, 0.25) is 0 Å². The van der Waals surface area contributed by atoms with Crippen molar-refractivity contribution in [1.82, 2.24) is 43.3 Å². The summed E-state index contributed by atoms with van der Waals surface area (Å²) in [7, 11) is -6.30. The van der Waals surface area contributed by atoms with Crippen LogP contribution in [0.15, 0.2) is 90.1 Å². The van der Waals surface area contributed by atoms with Crippen LogP contribution in [-0.4, -0.2) is 141 Å². The zero-order valence-electron chi connectivity index (χ0n) is 39.7. The Morgan fingerprint density at radius 3 is 1.79 bits per heavy atom. The minimum atomic E-state index is -4.49. The Balaban J connectivity index is 1.09. The summed E-state index contributed by atoms with van der Waals surface area (Å²) in [5, 5.41) is 5.62. The van der Waals surface area contributed by atoms with Crippen molar-refractivity contribution in [2.24, 2.45) is 4.15 Å². The number of benzene rings is 2. The lowest BCUT2D eigenvalue weighted by Gasteiger charge is -2.30. The Labute approximate surface area is 409 Å². The van der Waals surface area contributed by atoms with E-state index in [1.807, 2.05) is 33.8 Å².